The summed E-state index contributed by atoms with van der Waals surface area (Å²) in [5, 5.41) is 0. The van der Waals surface area contributed by atoms with E-state index in [4.69, 9.17) is 4.98 Å². The first-order chi connectivity index (χ1) is 9.31. The van der Waals surface area contributed by atoms with Crippen molar-refractivity contribution >= 4 is 0 Å². The molecule has 1 aliphatic carbocycles. The average molecular weight is 262 g/mol. The highest BCUT2D eigenvalue weighted by Gasteiger charge is 2.20. The number of nitrogens with zero attached hydrogens (tertiary/aromatic N) is 1. The minimum absolute atomic E-state index is 0.669. The van der Waals surface area contributed by atoms with Gasteiger partial charge in [-0.1, -0.05) is 52.4 Å². The minimum Gasteiger partial charge on any atom is -0.346 e. The van der Waals surface area contributed by atoms with Crippen LogP contribution in [0.5, 0.6) is 0 Å². The van der Waals surface area contributed by atoms with Gasteiger partial charge >= 0.3 is 0 Å². The number of H-pyrrole nitrogens is 1. The molecule has 1 N–H and O–H groups in total. The Morgan fingerprint density at radius 1 is 1.11 bits per heavy atom. The topological polar surface area (TPSA) is 28.7 Å². The molecule has 1 aromatic rings. The molecule has 1 atom stereocenters. The maximum Gasteiger partial charge on any atom is 0.106 e. The number of fused-ring (bicyclic) bond motifs is 1. The summed E-state index contributed by atoms with van der Waals surface area (Å²) in [6.45, 7) is 4.59. The van der Waals surface area contributed by atoms with Gasteiger partial charge in [-0.15, -0.1) is 0 Å². The monoisotopic (exact) mass is 262 g/mol. The molecule has 0 aromatic carbocycles. The number of rotatable bonds is 8. The summed E-state index contributed by atoms with van der Waals surface area (Å²) < 4.78 is 0. The van der Waals surface area contributed by atoms with Gasteiger partial charge in [0.2, 0.25) is 0 Å². The molecule has 108 valence electrons. The van der Waals surface area contributed by atoms with E-state index in [-0.39, 0.29) is 0 Å². The highest BCUT2D eigenvalue weighted by atomic mass is 14.9. The van der Waals surface area contributed by atoms with Gasteiger partial charge in [-0.3, -0.25) is 0 Å². The molecule has 2 nitrogen and oxygen atoms in total. The Hall–Kier alpha value is -0.790. The molecule has 1 heterocycles. The summed E-state index contributed by atoms with van der Waals surface area (Å²) in [4.78, 5) is 8.39. The van der Waals surface area contributed by atoms with E-state index in [2.05, 4.69) is 18.8 Å². The molecule has 0 fully saturated rings. The van der Waals surface area contributed by atoms with Gasteiger partial charge in [-0.25, -0.2) is 4.98 Å². The fraction of sp³-hybridized carbons (Fsp3) is 0.824. The summed E-state index contributed by atoms with van der Waals surface area (Å²) in [6, 6.07) is 0. The van der Waals surface area contributed by atoms with Gasteiger partial charge in [0.25, 0.3) is 0 Å². The van der Waals surface area contributed by atoms with Crippen LogP contribution in [0.4, 0.5) is 0 Å². The van der Waals surface area contributed by atoms with Crippen LogP contribution in [0.3, 0.4) is 0 Å². The fourth-order valence-corrected chi connectivity index (χ4v) is 3.17. The van der Waals surface area contributed by atoms with E-state index in [1.54, 1.807) is 0 Å². The van der Waals surface area contributed by atoms with Crippen molar-refractivity contribution in [3.8, 4) is 0 Å². The molecule has 0 spiro atoms. The number of unbranched alkanes of at least 4 members (excludes halogenated alkanes) is 6. The lowest BCUT2D eigenvalue weighted by Gasteiger charge is -2.15. The number of nitrogens with one attached hydrogen (secondary N) is 1. The van der Waals surface area contributed by atoms with Crippen molar-refractivity contribution in [1.82, 2.24) is 9.97 Å². The molecule has 1 aliphatic rings. The zero-order valence-electron chi connectivity index (χ0n) is 12.8. The van der Waals surface area contributed by atoms with Crippen LogP contribution >= 0.6 is 0 Å². The Labute approximate surface area is 118 Å². The molecule has 0 saturated carbocycles. The predicted molar refractivity (Wildman–Crippen MR) is 81.6 cm³/mol. The van der Waals surface area contributed by atoms with Crippen LogP contribution in [-0.4, -0.2) is 9.97 Å². The Bertz CT molecular complexity index is 367. The highest BCUT2D eigenvalue weighted by molar-refractivity contribution is 5.21. The van der Waals surface area contributed by atoms with Gasteiger partial charge in [0, 0.05) is 18.0 Å². The molecule has 0 amide bonds. The second-order valence-corrected chi connectivity index (χ2v) is 6.21. The average Bonchev–Trinajstić information content (AvgIpc) is 2.82. The Morgan fingerprint density at radius 3 is 2.58 bits per heavy atom. The van der Waals surface area contributed by atoms with Gasteiger partial charge in [-0.2, -0.15) is 0 Å². The van der Waals surface area contributed by atoms with Crippen molar-refractivity contribution in [3.63, 3.8) is 0 Å². The molecule has 1 unspecified atom stereocenters. The maximum atomic E-state index is 4.82. The molecular weight excluding hydrogens is 232 g/mol. The van der Waals surface area contributed by atoms with Gasteiger partial charge < -0.3 is 4.98 Å². The maximum absolute atomic E-state index is 4.82. The fourth-order valence-electron chi connectivity index (χ4n) is 3.17. The van der Waals surface area contributed by atoms with Crippen LogP contribution in [0, 0.1) is 0 Å². The van der Waals surface area contributed by atoms with Crippen molar-refractivity contribution in [3.05, 3.63) is 17.2 Å². The smallest absolute Gasteiger partial charge is 0.106 e. The molecule has 0 bridgehead atoms. The van der Waals surface area contributed by atoms with E-state index in [1.807, 2.05) is 0 Å². The van der Waals surface area contributed by atoms with E-state index >= 15 is 0 Å². The lowest BCUT2D eigenvalue weighted by Crippen LogP contribution is -2.05. The Kier molecular flexibility index (Phi) is 5.93. The third-order valence-corrected chi connectivity index (χ3v) is 4.41. The van der Waals surface area contributed by atoms with Crippen LogP contribution in [0.1, 0.15) is 94.8 Å². The lowest BCUT2D eigenvalue weighted by atomic mass is 9.92. The lowest BCUT2D eigenvalue weighted by molar-refractivity contribution is 0.574. The van der Waals surface area contributed by atoms with E-state index in [0.717, 1.165) is 6.42 Å². The van der Waals surface area contributed by atoms with E-state index in [9.17, 15) is 0 Å². The third-order valence-electron chi connectivity index (χ3n) is 4.41. The summed E-state index contributed by atoms with van der Waals surface area (Å²) in [5.74, 6) is 1.91. The number of aromatic nitrogens is 2. The number of aryl methyl sites for hydroxylation is 2. The molecule has 2 rings (SSSR count). The van der Waals surface area contributed by atoms with Crippen LogP contribution in [0.25, 0.3) is 0 Å². The summed E-state index contributed by atoms with van der Waals surface area (Å²) >= 11 is 0. The summed E-state index contributed by atoms with van der Waals surface area (Å²) in [6.07, 6.45) is 14.6. The van der Waals surface area contributed by atoms with Crippen LogP contribution in [0.2, 0.25) is 0 Å². The molecule has 0 aliphatic heterocycles. The number of imidazole rings is 1. The highest BCUT2D eigenvalue weighted by Crippen LogP contribution is 2.29. The SMILES string of the molecule is CCCCCCCCCc1nc2c([nH]1)CCCC2C. The van der Waals surface area contributed by atoms with Gasteiger partial charge in [0.15, 0.2) is 0 Å². The molecule has 0 saturated heterocycles. The second-order valence-electron chi connectivity index (χ2n) is 6.21. The number of hydrogen-bond acceptors (Lipinski definition) is 1. The normalized spacial score (nSPS) is 18.5. The molecular formula is C17H30N2. The first-order valence-corrected chi connectivity index (χ1v) is 8.39. The number of aromatic amines is 1. The first-order valence-electron chi connectivity index (χ1n) is 8.39. The van der Waals surface area contributed by atoms with Crippen molar-refractivity contribution in [2.75, 3.05) is 0 Å². The van der Waals surface area contributed by atoms with Gasteiger partial charge in [0.1, 0.15) is 5.82 Å². The van der Waals surface area contributed by atoms with Crippen molar-refractivity contribution < 1.29 is 0 Å². The molecule has 1 aromatic heterocycles. The molecule has 19 heavy (non-hydrogen) atoms. The third kappa shape index (κ3) is 4.36. The zero-order valence-corrected chi connectivity index (χ0v) is 12.8. The summed E-state index contributed by atoms with van der Waals surface area (Å²) in [7, 11) is 0. The van der Waals surface area contributed by atoms with Gasteiger partial charge in [-0.05, 0) is 25.7 Å². The van der Waals surface area contributed by atoms with E-state index in [1.165, 1.54) is 81.4 Å². The van der Waals surface area contributed by atoms with Crippen LogP contribution in [0.15, 0.2) is 0 Å². The zero-order chi connectivity index (χ0) is 13.5. The predicted octanol–water partition coefficient (Wildman–Crippen LogP) is 5.14. The second kappa shape index (κ2) is 7.72. The molecule has 2 heteroatoms. The standard InChI is InChI=1S/C17H30N2/c1-3-4-5-6-7-8-9-13-16-18-15-12-10-11-14(2)17(15)19-16/h14H,3-13H2,1-2H3,(H,18,19). The van der Waals surface area contributed by atoms with E-state index < -0.39 is 0 Å². The largest absolute Gasteiger partial charge is 0.346 e. The van der Waals surface area contributed by atoms with Crippen LogP contribution in [-0.2, 0) is 12.8 Å². The minimum atomic E-state index is 0.669. The summed E-state index contributed by atoms with van der Waals surface area (Å²) in [5.41, 5.74) is 2.79. The first kappa shape index (κ1) is 14.6. The van der Waals surface area contributed by atoms with Crippen molar-refractivity contribution in [2.24, 2.45) is 0 Å². The van der Waals surface area contributed by atoms with E-state index in [0.29, 0.717) is 5.92 Å². The molecule has 0 radical (unpaired) electrons. The number of hydrogen-bond donors (Lipinski definition) is 1. The van der Waals surface area contributed by atoms with Crippen molar-refractivity contribution in [1.29, 1.82) is 0 Å². The Balaban J connectivity index is 1.66. The van der Waals surface area contributed by atoms with Gasteiger partial charge in [0.05, 0.1) is 5.69 Å². The Morgan fingerprint density at radius 2 is 1.84 bits per heavy atom. The van der Waals surface area contributed by atoms with Crippen LogP contribution < -0.4 is 0 Å². The quantitative estimate of drug-likeness (QED) is 0.645. The van der Waals surface area contributed by atoms with Crippen molar-refractivity contribution in [2.45, 2.75) is 90.4 Å².